The fourth-order valence-electron chi connectivity index (χ4n) is 4.13. The smallest absolute Gasteiger partial charge is 0.416 e. The molecule has 3 rings (SSSR count). The highest BCUT2D eigenvalue weighted by Gasteiger charge is 2.43. The van der Waals surface area contributed by atoms with Crippen molar-refractivity contribution in [1.82, 2.24) is 15.5 Å². The van der Waals surface area contributed by atoms with Gasteiger partial charge in [-0.05, 0) is 48.2 Å². The van der Waals surface area contributed by atoms with Crippen LogP contribution in [0.3, 0.4) is 0 Å². The van der Waals surface area contributed by atoms with Crippen LogP contribution >= 0.6 is 0 Å². The maximum absolute atomic E-state index is 12.8. The highest BCUT2D eigenvalue weighted by Crippen LogP contribution is 2.30. The van der Waals surface area contributed by atoms with Gasteiger partial charge in [0.05, 0.1) is 23.0 Å². The van der Waals surface area contributed by atoms with Gasteiger partial charge in [-0.1, -0.05) is 24.3 Å². The number of carboxylic acid groups (broad SMARTS) is 1. The van der Waals surface area contributed by atoms with Gasteiger partial charge in [0, 0.05) is 26.2 Å². The van der Waals surface area contributed by atoms with Crippen LogP contribution in [0.4, 0.5) is 31.1 Å². The molecule has 13 heteroatoms. The van der Waals surface area contributed by atoms with E-state index in [1.54, 1.807) is 0 Å². The molecular formula is C25H25F6N3O4. The lowest BCUT2D eigenvalue weighted by Gasteiger charge is -2.17. The van der Waals surface area contributed by atoms with Crippen molar-refractivity contribution in [2.75, 3.05) is 26.2 Å². The molecule has 1 aliphatic heterocycles. The average Bonchev–Trinajstić information content (AvgIpc) is 3.30. The largest absolute Gasteiger partial charge is 0.465 e. The summed E-state index contributed by atoms with van der Waals surface area (Å²) in [4.78, 5) is 37.9. The van der Waals surface area contributed by atoms with Crippen molar-refractivity contribution in [3.8, 4) is 0 Å². The summed E-state index contributed by atoms with van der Waals surface area (Å²) in [5, 5.41) is 14.5. The Bertz CT molecular complexity index is 1050. The second-order valence-electron chi connectivity index (χ2n) is 8.87. The van der Waals surface area contributed by atoms with E-state index in [2.05, 4.69) is 10.6 Å². The van der Waals surface area contributed by atoms with Gasteiger partial charge in [-0.3, -0.25) is 9.59 Å². The van der Waals surface area contributed by atoms with E-state index in [1.165, 1.54) is 24.3 Å². The maximum atomic E-state index is 12.8. The predicted molar refractivity (Wildman–Crippen MR) is 123 cm³/mol. The third-order valence-electron chi connectivity index (χ3n) is 6.25. The van der Waals surface area contributed by atoms with Gasteiger partial charge < -0.3 is 20.6 Å². The van der Waals surface area contributed by atoms with Gasteiger partial charge in [-0.15, -0.1) is 0 Å². The molecule has 1 heterocycles. The van der Waals surface area contributed by atoms with Crippen LogP contribution in [0.5, 0.6) is 0 Å². The normalized spacial score (nSPS) is 17.8. The fourth-order valence-corrected chi connectivity index (χ4v) is 4.13. The van der Waals surface area contributed by atoms with Crippen molar-refractivity contribution >= 4 is 17.9 Å². The van der Waals surface area contributed by atoms with Crippen molar-refractivity contribution in [2.24, 2.45) is 11.8 Å². The lowest BCUT2D eigenvalue weighted by Crippen LogP contribution is -2.42. The van der Waals surface area contributed by atoms with Crippen LogP contribution in [0, 0.1) is 11.8 Å². The summed E-state index contributed by atoms with van der Waals surface area (Å²) in [6.07, 6.45) is -9.77. The molecule has 38 heavy (non-hydrogen) atoms. The molecule has 0 aromatic heterocycles. The summed E-state index contributed by atoms with van der Waals surface area (Å²) < 4.78 is 76.1. The number of benzene rings is 2. The SMILES string of the molecule is O=C(NCCc1ccc(C(F)(F)F)cc1)[C@H]1CN(C(=O)O)C[C@@H]1C(=O)NCCc1ccc(C(F)(F)F)cc1. The fraction of sp³-hybridized carbons (Fsp3) is 0.400. The van der Waals surface area contributed by atoms with Crippen LogP contribution in [0.15, 0.2) is 48.5 Å². The van der Waals surface area contributed by atoms with E-state index in [9.17, 15) is 45.8 Å². The van der Waals surface area contributed by atoms with E-state index in [0.717, 1.165) is 29.2 Å². The number of hydrogen-bond donors (Lipinski definition) is 3. The van der Waals surface area contributed by atoms with Gasteiger partial charge in [0.2, 0.25) is 11.8 Å². The first kappa shape index (κ1) is 28.8. The van der Waals surface area contributed by atoms with Crippen LogP contribution in [0.25, 0.3) is 0 Å². The molecule has 7 nitrogen and oxygen atoms in total. The van der Waals surface area contributed by atoms with Gasteiger partial charge in [0.1, 0.15) is 0 Å². The molecule has 2 aromatic carbocycles. The molecule has 1 saturated heterocycles. The van der Waals surface area contributed by atoms with Gasteiger partial charge >= 0.3 is 18.4 Å². The predicted octanol–water partition coefficient (Wildman–Crippen LogP) is 3.97. The Balaban J connectivity index is 1.53. The number of carbonyl (C=O) groups is 3. The van der Waals surface area contributed by atoms with Crippen LogP contribution in [-0.2, 0) is 34.8 Å². The summed E-state index contributed by atoms with van der Waals surface area (Å²) in [5.41, 5.74) is -0.488. The summed E-state index contributed by atoms with van der Waals surface area (Å²) in [7, 11) is 0. The molecule has 2 aromatic rings. The van der Waals surface area contributed by atoms with Crippen molar-refractivity contribution in [3.63, 3.8) is 0 Å². The summed E-state index contributed by atoms with van der Waals surface area (Å²) in [5.74, 6) is -3.10. The first-order valence-electron chi connectivity index (χ1n) is 11.6. The topological polar surface area (TPSA) is 98.7 Å². The zero-order chi connectivity index (χ0) is 28.1. The minimum atomic E-state index is -4.46. The van der Waals surface area contributed by atoms with Crippen molar-refractivity contribution in [2.45, 2.75) is 25.2 Å². The first-order chi connectivity index (χ1) is 17.8. The lowest BCUT2D eigenvalue weighted by molar-refractivity contribution is -0.138. The van der Waals surface area contributed by atoms with E-state index in [4.69, 9.17) is 0 Å². The van der Waals surface area contributed by atoms with E-state index < -0.39 is 53.2 Å². The Morgan fingerprint density at radius 1 is 0.711 bits per heavy atom. The number of rotatable bonds is 8. The summed E-state index contributed by atoms with van der Waals surface area (Å²) >= 11 is 0. The monoisotopic (exact) mass is 545 g/mol. The Morgan fingerprint density at radius 2 is 1.05 bits per heavy atom. The lowest BCUT2D eigenvalue weighted by atomic mass is 9.94. The van der Waals surface area contributed by atoms with E-state index in [-0.39, 0.29) is 39.0 Å². The minimum absolute atomic E-state index is 0.0655. The van der Waals surface area contributed by atoms with Gasteiger partial charge in [-0.2, -0.15) is 26.3 Å². The molecule has 0 bridgehead atoms. The third kappa shape index (κ3) is 7.62. The Hall–Kier alpha value is -3.77. The second kappa shape index (κ2) is 11.7. The Kier molecular flexibility index (Phi) is 8.89. The second-order valence-corrected chi connectivity index (χ2v) is 8.87. The number of nitrogens with one attached hydrogen (secondary N) is 2. The zero-order valence-electron chi connectivity index (χ0n) is 19.9. The molecule has 2 atom stereocenters. The number of alkyl halides is 6. The number of amides is 3. The molecular weight excluding hydrogens is 520 g/mol. The molecule has 206 valence electrons. The molecule has 0 unspecified atom stereocenters. The van der Waals surface area contributed by atoms with Crippen LogP contribution in [-0.4, -0.2) is 54.1 Å². The standard InChI is InChI=1S/C25H25F6N3O4/c26-24(27,28)17-5-1-15(2-6-17)9-11-32-21(35)19-13-34(23(37)38)14-20(19)22(36)33-12-10-16-3-7-18(8-4-16)25(29,30)31/h1-8,19-20H,9-14H2,(H,32,35)(H,33,36)(H,37,38)/t19-,20-/m0/s1. The Labute approximate surface area is 213 Å². The number of hydrogen-bond acceptors (Lipinski definition) is 3. The van der Waals surface area contributed by atoms with Crippen molar-refractivity contribution in [3.05, 3.63) is 70.8 Å². The minimum Gasteiger partial charge on any atom is -0.465 e. The maximum Gasteiger partial charge on any atom is 0.416 e. The molecule has 0 saturated carbocycles. The van der Waals surface area contributed by atoms with E-state index >= 15 is 0 Å². The number of halogens is 6. The molecule has 0 aliphatic carbocycles. The number of likely N-dealkylation sites (tertiary alicyclic amines) is 1. The molecule has 1 fully saturated rings. The van der Waals surface area contributed by atoms with Gasteiger partial charge in [-0.25, -0.2) is 4.79 Å². The quantitative estimate of drug-likeness (QED) is 0.438. The Morgan fingerprint density at radius 3 is 1.34 bits per heavy atom. The highest BCUT2D eigenvalue weighted by molar-refractivity contribution is 5.89. The highest BCUT2D eigenvalue weighted by atomic mass is 19.4. The molecule has 3 amide bonds. The first-order valence-corrected chi connectivity index (χ1v) is 11.6. The van der Waals surface area contributed by atoms with E-state index in [0.29, 0.717) is 11.1 Å². The van der Waals surface area contributed by atoms with Crippen molar-refractivity contribution < 1.29 is 45.8 Å². The molecule has 0 spiro atoms. The van der Waals surface area contributed by atoms with Crippen LogP contribution < -0.4 is 10.6 Å². The van der Waals surface area contributed by atoms with Crippen LogP contribution in [0.1, 0.15) is 22.3 Å². The molecule has 1 aliphatic rings. The van der Waals surface area contributed by atoms with Crippen LogP contribution in [0.2, 0.25) is 0 Å². The molecule has 3 N–H and O–H groups in total. The molecule has 0 radical (unpaired) electrons. The average molecular weight is 545 g/mol. The summed E-state index contributed by atoms with van der Waals surface area (Å²) in [6.45, 7) is -0.289. The third-order valence-corrected chi connectivity index (χ3v) is 6.25. The number of nitrogens with zero attached hydrogens (tertiary/aromatic N) is 1. The summed E-state index contributed by atoms with van der Waals surface area (Å²) in [6, 6.07) is 8.92. The van der Waals surface area contributed by atoms with Gasteiger partial charge in [0.15, 0.2) is 0 Å². The van der Waals surface area contributed by atoms with Crippen molar-refractivity contribution in [1.29, 1.82) is 0 Å². The zero-order valence-corrected chi connectivity index (χ0v) is 19.9. The van der Waals surface area contributed by atoms with E-state index in [1.807, 2.05) is 0 Å². The number of carbonyl (C=O) groups excluding carboxylic acids is 2. The van der Waals surface area contributed by atoms with Gasteiger partial charge in [0.25, 0.3) is 0 Å².